The molecule has 1 amide bonds. The van der Waals surface area contributed by atoms with E-state index in [-0.39, 0.29) is 29.8 Å². The van der Waals surface area contributed by atoms with E-state index in [1.165, 1.54) is 4.57 Å². The lowest BCUT2D eigenvalue weighted by Crippen LogP contribution is -2.41. The minimum absolute atomic E-state index is 0.0424. The molecule has 2 aromatic heterocycles. The van der Waals surface area contributed by atoms with E-state index in [2.05, 4.69) is 20.9 Å². The second kappa shape index (κ2) is 6.47. The quantitative estimate of drug-likeness (QED) is 0.867. The molecule has 0 unspecified atom stereocenters. The van der Waals surface area contributed by atoms with Crippen LogP contribution in [0.1, 0.15) is 12.8 Å². The number of aromatic nitrogens is 2. The number of hydrogen-bond donors (Lipinski definition) is 1. The number of amides is 1. The van der Waals surface area contributed by atoms with Gasteiger partial charge in [-0.1, -0.05) is 11.3 Å². The van der Waals surface area contributed by atoms with Gasteiger partial charge < -0.3 is 10.0 Å². The molecule has 0 radical (unpaired) electrons. The highest BCUT2D eigenvalue weighted by atomic mass is 79.9. The van der Waals surface area contributed by atoms with Crippen molar-refractivity contribution in [3.63, 3.8) is 0 Å². The predicted molar refractivity (Wildman–Crippen MR) is 88.0 cm³/mol. The first-order chi connectivity index (χ1) is 10.6. The zero-order valence-corrected chi connectivity index (χ0v) is 14.3. The van der Waals surface area contributed by atoms with Crippen LogP contribution >= 0.6 is 27.3 Å². The molecule has 0 spiro atoms. The molecule has 0 saturated carbocycles. The maximum Gasteiger partial charge on any atom is 0.310 e. The van der Waals surface area contributed by atoms with Crippen LogP contribution < -0.4 is 4.87 Å². The number of hydrogen-bond acceptors (Lipinski definition) is 5. The van der Waals surface area contributed by atoms with Crippen LogP contribution in [0.3, 0.4) is 0 Å². The van der Waals surface area contributed by atoms with Crippen LogP contribution in [0.4, 0.5) is 0 Å². The summed E-state index contributed by atoms with van der Waals surface area (Å²) in [7, 11) is 0. The predicted octanol–water partition coefficient (Wildman–Crippen LogP) is 1.45. The molecule has 1 N–H and O–H groups in total. The molecule has 0 aromatic carbocycles. The third-order valence-corrected chi connectivity index (χ3v) is 5.35. The third-order valence-electron chi connectivity index (χ3n) is 4.01. The van der Waals surface area contributed by atoms with Crippen LogP contribution in [0.15, 0.2) is 21.5 Å². The third kappa shape index (κ3) is 3.09. The van der Waals surface area contributed by atoms with E-state index in [9.17, 15) is 9.59 Å². The van der Waals surface area contributed by atoms with Gasteiger partial charge in [0.05, 0.1) is 5.52 Å². The first-order valence-electron chi connectivity index (χ1n) is 7.12. The molecule has 8 heteroatoms. The Labute approximate surface area is 139 Å². The highest BCUT2D eigenvalue weighted by molar-refractivity contribution is 9.10. The average Bonchev–Trinajstić information content (AvgIpc) is 2.83. The minimum Gasteiger partial charge on any atom is -0.396 e. The van der Waals surface area contributed by atoms with Crippen molar-refractivity contribution in [2.24, 2.45) is 5.92 Å². The smallest absolute Gasteiger partial charge is 0.310 e. The Kier molecular flexibility index (Phi) is 4.60. The second-order valence-electron chi connectivity index (χ2n) is 5.44. The van der Waals surface area contributed by atoms with E-state index < -0.39 is 0 Å². The summed E-state index contributed by atoms with van der Waals surface area (Å²) < 4.78 is 2.26. The molecule has 1 fully saturated rings. The van der Waals surface area contributed by atoms with Crippen LogP contribution in [0.25, 0.3) is 10.3 Å². The van der Waals surface area contributed by atoms with Crippen molar-refractivity contribution in [2.45, 2.75) is 19.4 Å². The van der Waals surface area contributed by atoms with Gasteiger partial charge in [0.25, 0.3) is 0 Å². The molecule has 0 aliphatic carbocycles. The SMILES string of the molecule is O=C(Cn1c(=O)sc2ncc(Br)cc21)N1CCC(CO)CC1. The molecule has 1 aliphatic rings. The maximum atomic E-state index is 12.4. The first-order valence-corrected chi connectivity index (χ1v) is 8.73. The van der Waals surface area contributed by atoms with Crippen LogP contribution in [-0.4, -0.2) is 45.2 Å². The van der Waals surface area contributed by atoms with Crippen molar-refractivity contribution in [3.8, 4) is 0 Å². The number of aliphatic hydroxyl groups excluding tert-OH is 1. The van der Waals surface area contributed by atoms with E-state index in [0.717, 1.165) is 28.7 Å². The Morgan fingerprint density at radius 3 is 2.86 bits per heavy atom. The number of halogens is 1. The summed E-state index contributed by atoms with van der Waals surface area (Å²) in [5, 5.41) is 9.15. The van der Waals surface area contributed by atoms with E-state index in [4.69, 9.17) is 5.11 Å². The molecular weight excluding hydrogens is 370 g/mol. The molecule has 1 saturated heterocycles. The van der Waals surface area contributed by atoms with Crippen LogP contribution in [0.5, 0.6) is 0 Å². The Morgan fingerprint density at radius 2 is 2.18 bits per heavy atom. The molecule has 6 nitrogen and oxygen atoms in total. The highest BCUT2D eigenvalue weighted by Crippen LogP contribution is 2.20. The fraction of sp³-hybridized carbons (Fsp3) is 0.500. The van der Waals surface area contributed by atoms with Gasteiger partial charge in [-0.05, 0) is 40.8 Å². The summed E-state index contributed by atoms with van der Waals surface area (Å²) in [6, 6.07) is 1.81. The number of likely N-dealkylation sites (tertiary alicyclic amines) is 1. The van der Waals surface area contributed by atoms with Gasteiger partial charge in [-0.25, -0.2) is 4.98 Å². The zero-order valence-electron chi connectivity index (χ0n) is 11.9. The monoisotopic (exact) mass is 385 g/mol. The average molecular weight is 386 g/mol. The number of nitrogens with zero attached hydrogens (tertiary/aromatic N) is 3. The summed E-state index contributed by atoms with van der Waals surface area (Å²) in [5.41, 5.74) is 0.683. The van der Waals surface area contributed by atoms with Gasteiger partial charge in [-0.3, -0.25) is 14.2 Å². The molecular formula is C14H16BrN3O3S. The summed E-state index contributed by atoms with van der Waals surface area (Å²) in [5.74, 6) is 0.229. The van der Waals surface area contributed by atoms with Gasteiger partial charge in [0, 0.05) is 30.4 Å². The van der Waals surface area contributed by atoms with Crippen molar-refractivity contribution in [1.29, 1.82) is 0 Å². The molecule has 22 heavy (non-hydrogen) atoms. The summed E-state index contributed by atoms with van der Waals surface area (Å²) >= 11 is 4.39. The lowest BCUT2D eigenvalue weighted by molar-refractivity contribution is -0.133. The van der Waals surface area contributed by atoms with Crippen molar-refractivity contribution in [3.05, 3.63) is 26.4 Å². The maximum absolute atomic E-state index is 12.4. The van der Waals surface area contributed by atoms with Crippen LogP contribution in [0.2, 0.25) is 0 Å². The largest absolute Gasteiger partial charge is 0.396 e. The highest BCUT2D eigenvalue weighted by Gasteiger charge is 2.23. The molecule has 118 valence electrons. The van der Waals surface area contributed by atoms with Crippen molar-refractivity contribution in [1.82, 2.24) is 14.5 Å². The molecule has 0 atom stereocenters. The number of carbonyl (C=O) groups excluding carboxylic acids is 1. The number of piperidine rings is 1. The fourth-order valence-electron chi connectivity index (χ4n) is 2.67. The number of pyridine rings is 1. The van der Waals surface area contributed by atoms with Crippen LogP contribution in [-0.2, 0) is 11.3 Å². The number of fused-ring (bicyclic) bond motifs is 1. The molecule has 2 aromatic rings. The number of carbonyl (C=O) groups is 1. The Hall–Kier alpha value is -1.25. The lowest BCUT2D eigenvalue weighted by atomic mass is 9.98. The molecule has 3 rings (SSSR count). The normalized spacial score (nSPS) is 16.4. The molecule has 0 bridgehead atoms. The number of rotatable bonds is 3. The van der Waals surface area contributed by atoms with Crippen LogP contribution in [0, 0.1) is 5.92 Å². The number of aliphatic hydroxyl groups is 1. The van der Waals surface area contributed by atoms with Gasteiger partial charge in [0.15, 0.2) is 0 Å². The van der Waals surface area contributed by atoms with Gasteiger partial charge in [-0.2, -0.15) is 0 Å². The van der Waals surface area contributed by atoms with Gasteiger partial charge >= 0.3 is 4.87 Å². The topological polar surface area (TPSA) is 75.4 Å². The second-order valence-corrected chi connectivity index (χ2v) is 7.29. The molecule has 1 aliphatic heterocycles. The van der Waals surface area contributed by atoms with E-state index in [1.54, 1.807) is 11.1 Å². The lowest BCUT2D eigenvalue weighted by Gasteiger charge is -2.31. The van der Waals surface area contributed by atoms with Crippen molar-refractivity contribution in [2.75, 3.05) is 19.7 Å². The Morgan fingerprint density at radius 1 is 1.45 bits per heavy atom. The summed E-state index contributed by atoms with van der Waals surface area (Å²) in [4.78, 5) is 31.0. The van der Waals surface area contributed by atoms with E-state index >= 15 is 0 Å². The molecule has 3 heterocycles. The van der Waals surface area contributed by atoms with E-state index in [1.807, 2.05) is 6.07 Å². The van der Waals surface area contributed by atoms with Gasteiger partial charge in [-0.15, -0.1) is 0 Å². The standard InChI is InChI=1S/C14H16BrN3O3S/c15-10-5-11-13(16-6-10)22-14(21)18(11)7-12(20)17-3-1-9(8-19)2-4-17/h5-6,9,19H,1-4,7-8H2. The Balaban J connectivity index is 1.78. The van der Waals surface area contributed by atoms with E-state index in [0.29, 0.717) is 23.4 Å². The van der Waals surface area contributed by atoms with Gasteiger partial charge in [0.2, 0.25) is 5.91 Å². The summed E-state index contributed by atoms with van der Waals surface area (Å²) in [6.45, 7) is 1.50. The van der Waals surface area contributed by atoms with Gasteiger partial charge in [0.1, 0.15) is 11.4 Å². The number of thiazole rings is 1. The fourth-order valence-corrected chi connectivity index (χ4v) is 3.81. The van der Waals surface area contributed by atoms with Crippen molar-refractivity contribution >= 4 is 43.5 Å². The zero-order chi connectivity index (χ0) is 15.7. The Bertz CT molecular complexity index is 749. The van der Waals surface area contributed by atoms with Crippen molar-refractivity contribution < 1.29 is 9.90 Å². The summed E-state index contributed by atoms with van der Waals surface area (Å²) in [6.07, 6.45) is 3.27. The first kappa shape index (κ1) is 15.6. The minimum atomic E-state index is -0.167.